The molecule has 198 valence electrons. The smallest absolute Gasteiger partial charge is 0.336 e. The topological polar surface area (TPSA) is 106 Å². The molecule has 0 aromatic heterocycles. The molecule has 1 heterocycles. The first-order valence-electron chi connectivity index (χ1n) is 11.9. The van der Waals surface area contributed by atoms with Crippen molar-refractivity contribution in [1.29, 1.82) is 0 Å². The van der Waals surface area contributed by atoms with Gasteiger partial charge in [-0.3, -0.25) is 20.7 Å². The molecule has 1 atom stereocenters. The van der Waals surface area contributed by atoms with E-state index >= 15 is 0 Å². The lowest BCUT2D eigenvalue weighted by Gasteiger charge is -2.25. The summed E-state index contributed by atoms with van der Waals surface area (Å²) in [4.78, 5) is 29.3. The number of nitrogens with zero attached hydrogens (tertiary/aromatic N) is 3. The second-order valence-electron chi connectivity index (χ2n) is 8.43. The van der Waals surface area contributed by atoms with Crippen molar-refractivity contribution in [2.24, 2.45) is 4.99 Å². The molecule has 0 aliphatic carbocycles. The van der Waals surface area contributed by atoms with Gasteiger partial charge >= 0.3 is 11.9 Å². The molecule has 0 saturated heterocycles. The van der Waals surface area contributed by atoms with Crippen molar-refractivity contribution in [3.63, 3.8) is 0 Å². The number of carbonyl (C=O) groups excluding carboxylic acids is 2. The number of aliphatic hydroxyl groups is 1. The Labute approximate surface area is 224 Å². The molecule has 38 heavy (non-hydrogen) atoms. The summed E-state index contributed by atoms with van der Waals surface area (Å²) in [5, 5.41) is 13.9. The lowest BCUT2D eigenvalue weighted by atomic mass is 10.0. The molecule has 1 aliphatic heterocycles. The van der Waals surface area contributed by atoms with Crippen molar-refractivity contribution in [2.75, 3.05) is 24.8 Å². The number of para-hydroxylation sites is 1. The largest absolute Gasteiger partial charge is 0.464 e. The summed E-state index contributed by atoms with van der Waals surface area (Å²) in [6.07, 6.45) is -1.49. The van der Waals surface area contributed by atoms with Gasteiger partial charge in [0.2, 0.25) is 5.84 Å². The van der Waals surface area contributed by atoms with Crippen LogP contribution in [0.1, 0.15) is 12.5 Å². The summed E-state index contributed by atoms with van der Waals surface area (Å²) in [7, 11) is 0. The summed E-state index contributed by atoms with van der Waals surface area (Å²) in [6, 6.07) is 20.7. The first kappa shape index (κ1) is 27.1. The van der Waals surface area contributed by atoms with E-state index in [1.165, 1.54) is 17.1 Å². The Morgan fingerprint density at radius 2 is 1.92 bits per heavy atom. The fourth-order valence-corrected chi connectivity index (χ4v) is 3.99. The van der Waals surface area contributed by atoms with Gasteiger partial charge in [-0.2, -0.15) is 0 Å². The number of anilines is 1. The highest BCUT2D eigenvalue weighted by molar-refractivity contribution is 6.38. The molecule has 0 fully saturated rings. The molecule has 0 radical (unpaired) electrons. The molecule has 4 rings (SSSR count). The average molecular weight is 540 g/mol. The monoisotopic (exact) mass is 539 g/mol. The number of amides is 1. The van der Waals surface area contributed by atoms with E-state index in [2.05, 4.69) is 15.8 Å². The minimum absolute atomic E-state index is 0.0799. The van der Waals surface area contributed by atoms with Gasteiger partial charge in [0, 0.05) is 17.1 Å². The van der Waals surface area contributed by atoms with Gasteiger partial charge in [-0.1, -0.05) is 54.1 Å². The van der Waals surface area contributed by atoms with E-state index in [-0.39, 0.29) is 32.2 Å². The maximum atomic E-state index is 14.3. The van der Waals surface area contributed by atoms with Crippen molar-refractivity contribution in [3.8, 4) is 11.1 Å². The predicted molar refractivity (Wildman–Crippen MR) is 142 cm³/mol. The third-order valence-electron chi connectivity index (χ3n) is 5.67. The molecule has 1 unspecified atom stereocenters. The van der Waals surface area contributed by atoms with Gasteiger partial charge in [-0.25, -0.2) is 19.2 Å². The zero-order chi connectivity index (χ0) is 27.1. The first-order valence-corrected chi connectivity index (χ1v) is 12.3. The van der Waals surface area contributed by atoms with Gasteiger partial charge in [0.1, 0.15) is 12.5 Å². The molecule has 1 aliphatic rings. The van der Waals surface area contributed by atoms with Gasteiger partial charge < -0.3 is 9.84 Å². The van der Waals surface area contributed by atoms with Gasteiger partial charge in [-0.15, -0.1) is 0 Å². The summed E-state index contributed by atoms with van der Waals surface area (Å²) in [5.74, 6) is -1.67. The van der Waals surface area contributed by atoms with Crippen LogP contribution in [0.4, 0.5) is 10.1 Å². The van der Waals surface area contributed by atoms with E-state index in [4.69, 9.17) is 16.3 Å². The minimum Gasteiger partial charge on any atom is -0.464 e. The van der Waals surface area contributed by atoms with Crippen molar-refractivity contribution in [1.82, 2.24) is 15.9 Å². The zero-order valence-electron chi connectivity index (χ0n) is 20.6. The molecule has 0 spiro atoms. The predicted octanol–water partition coefficient (Wildman–Crippen LogP) is 3.28. The van der Waals surface area contributed by atoms with E-state index in [0.29, 0.717) is 16.1 Å². The van der Waals surface area contributed by atoms with Gasteiger partial charge in [0.05, 0.1) is 18.8 Å². The van der Waals surface area contributed by atoms with E-state index in [0.717, 1.165) is 11.3 Å². The molecule has 3 aromatic rings. The summed E-state index contributed by atoms with van der Waals surface area (Å²) in [6.45, 7) is 1.89. The van der Waals surface area contributed by atoms with Crippen LogP contribution in [0.3, 0.4) is 0 Å². The van der Waals surface area contributed by atoms with Crippen LogP contribution in [0.15, 0.2) is 77.8 Å². The molecular formula is C27H27ClFN5O4. The standard InChI is InChI=1S/C27H27ClFN5O4/c1-2-38-27(37)24(35)16-33(32-26(36)25-30-17-34(31-25)21-6-4-3-5-7-21)15-18-8-10-19(11-9-18)22-14-20(28)12-13-23(22)29/h3-14,24,35H,2,15-17H2,1H3,(H,30,31)(H,32,36). The van der Waals surface area contributed by atoms with Gasteiger partial charge in [-0.05, 0) is 48.4 Å². The molecule has 9 nitrogen and oxygen atoms in total. The normalized spacial score (nSPS) is 13.6. The zero-order valence-corrected chi connectivity index (χ0v) is 21.4. The van der Waals surface area contributed by atoms with Crippen LogP contribution >= 0.6 is 11.6 Å². The van der Waals surface area contributed by atoms with Gasteiger partial charge in [0.15, 0.2) is 6.10 Å². The number of aliphatic hydroxyl groups excluding tert-OH is 1. The van der Waals surface area contributed by atoms with E-state index < -0.39 is 23.8 Å². The molecule has 0 bridgehead atoms. The number of rotatable bonds is 10. The highest BCUT2D eigenvalue weighted by Crippen LogP contribution is 2.26. The minimum atomic E-state index is -1.49. The van der Waals surface area contributed by atoms with E-state index in [9.17, 15) is 19.1 Å². The molecule has 0 saturated carbocycles. The second-order valence-corrected chi connectivity index (χ2v) is 8.87. The number of carbonyl (C=O) groups is 2. The fourth-order valence-electron chi connectivity index (χ4n) is 3.81. The van der Waals surface area contributed by atoms with Crippen molar-refractivity contribution in [3.05, 3.63) is 89.2 Å². The van der Waals surface area contributed by atoms with Crippen LogP contribution < -0.4 is 15.9 Å². The van der Waals surface area contributed by atoms with Crippen LogP contribution in [0.5, 0.6) is 0 Å². The maximum Gasteiger partial charge on any atom is 0.336 e. The Hall–Kier alpha value is -3.99. The lowest BCUT2D eigenvalue weighted by molar-refractivity contribution is -0.155. The average Bonchev–Trinajstić information content (AvgIpc) is 3.42. The SMILES string of the molecule is CCOC(=O)C(O)CN(Cc1ccc(-c2cc(Cl)ccc2F)cc1)NC(=O)C1=NCN(c2ccccc2)N1. The Morgan fingerprint density at radius 3 is 2.63 bits per heavy atom. The Kier molecular flexibility index (Phi) is 8.90. The number of amidine groups is 1. The summed E-state index contributed by atoms with van der Waals surface area (Å²) < 4.78 is 19.2. The summed E-state index contributed by atoms with van der Waals surface area (Å²) >= 11 is 6.02. The quantitative estimate of drug-likeness (QED) is 0.268. The third kappa shape index (κ3) is 6.86. The van der Waals surface area contributed by atoms with Gasteiger partial charge in [0.25, 0.3) is 0 Å². The molecule has 11 heteroatoms. The number of hydrazine groups is 2. The number of hydrogen-bond donors (Lipinski definition) is 3. The number of hydrogen-bond acceptors (Lipinski definition) is 8. The van der Waals surface area contributed by atoms with E-state index in [1.54, 1.807) is 42.3 Å². The van der Waals surface area contributed by atoms with Crippen LogP contribution in [-0.4, -0.2) is 53.8 Å². The number of aliphatic imine (C=N–C) groups is 1. The highest BCUT2D eigenvalue weighted by atomic mass is 35.5. The number of esters is 1. The highest BCUT2D eigenvalue weighted by Gasteiger charge is 2.26. The third-order valence-corrected chi connectivity index (χ3v) is 5.91. The second kappa shape index (κ2) is 12.5. The fraction of sp³-hybridized carbons (Fsp3) is 0.222. The molecule has 1 amide bonds. The number of ether oxygens (including phenoxy) is 1. The van der Waals surface area contributed by atoms with Crippen LogP contribution in [0.2, 0.25) is 5.02 Å². The van der Waals surface area contributed by atoms with Crippen molar-refractivity contribution in [2.45, 2.75) is 19.6 Å². The molecule has 3 N–H and O–H groups in total. The van der Waals surface area contributed by atoms with Crippen molar-refractivity contribution >= 4 is 35.0 Å². The van der Waals surface area contributed by atoms with Crippen molar-refractivity contribution < 1.29 is 23.8 Å². The van der Waals surface area contributed by atoms with Crippen LogP contribution in [-0.2, 0) is 20.9 Å². The Balaban J connectivity index is 1.46. The number of nitrogens with one attached hydrogen (secondary N) is 2. The molecular weight excluding hydrogens is 513 g/mol. The number of benzene rings is 3. The Morgan fingerprint density at radius 1 is 1.18 bits per heavy atom. The summed E-state index contributed by atoms with van der Waals surface area (Å²) in [5.41, 5.74) is 8.21. The maximum absolute atomic E-state index is 14.3. The number of halogens is 2. The van der Waals surface area contributed by atoms with Crippen LogP contribution in [0, 0.1) is 5.82 Å². The first-order chi connectivity index (χ1) is 18.3. The Bertz CT molecular complexity index is 1310. The molecule has 3 aromatic carbocycles. The van der Waals surface area contributed by atoms with E-state index in [1.807, 2.05) is 30.3 Å². The van der Waals surface area contributed by atoms with Crippen LogP contribution in [0.25, 0.3) is 11.1 Å². The lowest BCUT2D eigenvalue weighted by Crippen LogP contribution is -2.52.